The lowest BCUT2D eigenvalue weighted by molar-refractivity contribution is -0.0544. The summed E-state index contributed by atoms with van der Waals surface area (Å²) < 4.78 is 63.4. The molecule has 266 valence electrons. The Bertz CT molecular complexity index is 765. The Morgan fingerprint density at radius 3 is 1.23 bits per heavy atom. The van der Waals surface area contributed by atoms with Gasteiger partial charge in [-0.15, -0.1) is 0 Å². The number of phosphoric acid groups is 2. The van der Waals surface area contributed by atoms with Gasteiger partial charge in [-0.1, -0.05) is 80.1 Å². The van der Waals surface area contributed by atoms with Crippen molar-refractivity contribution in [1.82, 2.24) is 0 Å². The Balaban J connectivity index is 5.49. The highest BCUT2D eigenvalue weighted by atomic mass is 31.2. The van der Waals surface area contributed by atoms with Crippen LogP contribution in [0.1, 0.15) is 126 Å². The van der Waals surface area contributed by atoms with E-state index in [-0.39, 0.29) is 30.7 Å². The molecule has 0 rings (SSSR count). The highest BCUT2D eigenvalue weighted by Crippen LogP contribution is 2.47. The quantitative estimate of drug-likeness (QED) is 0.0684. The first-order valence-electron chi connectivity index (χ1n) is 16.8. The number of hydrogen-bond donors (Lipinski definition) is 2. The zero-order valence-electron chi connectivity index (χ0n) is 29.1. The summed E-state index contributed by atoms with van der Waals surface area (Å²) in [7, 11) is -8.03. The summed E-state index contributed by atoms with van der Waals surface area (Å²) >= 11 is 0. The monoisotopic (exact) mass is 676 g/mol. The van der Waals surface area contributed by atoms with Crippen molar-refractivity contribution in [3.05, 3.63) is 0 Å². The van der Waals surface area contributed by atoms with E-state index < -0.39 is 34.5 Å². The Hall–Kier alpha value is 0.1000. The topological polar surface area (TPSA) is 139 Å². The van der Waals surface area contributed by atoms with Crippen molar-refractivity contribution in [3.63, 3.8) is 0 Å². The van der Waals surface area contributed by atoms with Crippen molar-refractivity contribution in [1.29, 1.82) is 0 Å². The molecule has 0 aliphatic carbocycles. The van der Waals surface area contributed by atoms with Gasteiger partial charge in [-0.25, -0.2) is 9.13 Å². The lowest BCUT2D eigenvalue weighted by Gasteiger charge is -2.34. The van der Waals surface area contributed by atoms with Gasteiger partial charge in [-0.2, -0.15) is 0 Å². The Kier molecular flexibility index (Phi) is 24.3. The molecular formula is C31H66O11P2. The first-order valence-corrected chi connectivity index (χ1v) is 19.8. The van der Waals surface area contributed by atoms with Gasteiger partial charge in [0.05, 0.1) is 39.6 Å². The third kappa shape index (κ3) is 19.0. The number of hydrogen-bond acceptors (Lipinski definition) is 9. The second kappa shape index (κ2) is 24.3. The van der Waals surface area contributed by atoms with Gasteiger partial charge >= 0.3 is 15.6 Å². The van der Waals surface area contributed by atoms with Crippen LogP contribution in [0, 0.1) is 10.8 Å². The average Bonchev–Trinajstić information content (AvgIpc) is 2.95. The van der Waals surface area contributed by atoms with E-state index in [4.69, 9.17) is 27.8 Å². The molecule has 0 bridgehead atoms. The van der Waals surface area contributed by atoms with Gasteiger partial charge in [0.15, 0.2) is 0 Å². The van der Waals surface area contributed by atoms with Gasteiger partial charge in [0.25, 0.3) is 0 Å². The summed E-state index contributed by atoms with van der Waals surface area (Å²) in [5.74, 6) is 0. The number of rotatable bonds is 31. The molecule has 44 heavy (non-hydrogen) atoms. The first-order chi connectivity index (χ1) is 20.8. The smallest absolute Gasteiger partial charge is 0.379 e. The number of phosphoric ester groups is 2. The molecule has 4 unspecified atom stereocenters. The molecule has 0 aliphatic heterocycles. The fourth-order valence-corrected chi connectivity index (χ4v) is 7.77. The molecular weight excluding hydrogens is 610 g/mol. The van der Waals surface area contributed by atoms with Crippen LogP contribution in [-0.2, 0) is 41.4 Å². The van der Waals surface area contributed by atoms with Crippen molar-refractivity contribution in [2.75, 3.05) is 53.4 Å². The molecule has 0 saturated carbocycles. The van der Waals surface area contributed by atoms with Crippen LogP contribution in [-0.4, -0.2) is 75.4 Å². The SMILES string of the molecule is CCCC(CCC)(CCC)COCC(COP(=O)(O)OC(COCC)COCC(CCC)(CCC)CCC)OP(=O)(O)OC. The normalized spacial score (nSPS) is 16.9. The van der Waals surface area contributed by atoms with E-state index in [2.05, 4.69) is 46.1 Å². The summed E-state index contributed by atoms with van der Waals surface area (Å²) in [5.41, 5.74) is 0.0413. The van der Waals surface area contributed by atoms with Crippen molar-refractivity contribution >= 4 is 15.6 Å². The van der Waals surface area contributed by atoms with Crippen LogP contribution in [0.4, 0.5) is 0 Å². The fraction of sp³-hybridized carbons (Fsp3) is 1.00. The van der Waals surface area contributed by atoms with Crippen molar-refractivity contribution < 1.29 is 51.2 Å². The van der Waals surface area contributed by atoms with E-state index in [1.807, 2.05) is 6.92 Å². The summed E-state index contributed by atoms with van der Waals surface area (Å²) in [6.45, 7) is 15.5. The van der Waals surface area contributed by atoms with Gasteiger partial charge in [-0.3, -0.25) is 18.1 Å². The minimum absolute atomic E-state index is 0.0152. The average molecular weight is 677 g/mol. The van der Waals surface area contributed by atoms with Gasteiger partial charge < -0.3 is 24.0 Å². The van der Waals surface area contributed by atoms with Crippen LogP contribution in [0.2, 0.25) is 0 Å². The molecule has 0 heterocycles. The standard InChI is InChI=1S/C31H66O11P2/c1-9-16-30(17-10-2,18-11-3)26-38-23-28(22-37-15-7)42-44(34,35)40-25-29(41-43(32,33)36-8)24-39-27-31(19-12-4,20-13-5)21-14-6/h28-29H,9-27H2,1-8H3,(H,32,33)(H,34,35). The lowest BCUT2D eigenvalue weighted by atomic mass is 9.76. The van der Waals surface area contributed by atoms with E-state index in [0.29, 0.717) is 19.8 Å². The Labute approximate surface area is 268 Å². The van der Waals surface area contributed by atoms with E-state index in [0.717, 1.165) is 84.2 Å². The molecule has 0 radical (unpaired) electrons. The summed E-state index contributed by atoms with van der Waals surface area (Å²) in [5, 5.41) is 0. The van der Waals surface area contributed by atoms with Crippen LogP contribution >= 0.6 is 15.6 Å². The minimum Gasteiger partial charge on any atom is -0.379 e. The van der Waals surface area contributed by atoms with E-state index in [1.54, 1.807) is 0 Å². The van der Waals surface area contributed by atoms with Crippen molar-refractivity contribution in [3.8, 4) is 0 Å². The summed E-state index contributed by atoms with van der Waals surface area (Å²) in [6, 6.07) is 0. The van der Waals surface area contributed by atoms with E-state index in [9.17, 15) is 18.9 Å². The Morgan fingerprint density at radius 1 is 0.545 bits per heavy atom. The summed E-state index contributed by atoms with van der Waals surface area (Å²) in [4.78, 5) is 20.6. The van der Waals surface area contributed by atoms with Gasteiger partial charge in [0, 0.05) is 13.7 Å². The predicted molar refractivity (Wildman–Crippen MR) is 175 cm³/mol. The maximum atomic E-state index is 13.0. The maximum absolute atomic E-state index is 13.0. The first kappa shape index (κ1) is 44.1. The van der Waals surface area contributed by atoms with Crippen LogP contribution in [0.5, 0.6) is 0 Å². The maximum Gasteiger partial charge on any atom is 0.472 e. The molecule has 4 atom stereocenters. The Morgan fingerprint density at radius 2 is 0.886 bits per heavy atom. The molecule has 2 N–H and O–H groups in total. The molecule has 13 heteroatoms. The molecule has 0 aromatic rings. The van der Waals surface area contributed by atoms with E-state index >= 15 is 0 Å². The lowest BCUT2D eigenvalue weighted by Crippen LogP contribution is -2.32. The predicted octanol–water partition coefficient (Wildman–Crippen LogP) is 8.46. The zero-order valence-corrected chi connectivity index (χ0v) is 30.8. The molecule has 0 aromatic carbocycles. The molecule has 0 spiro atoms. The third-order valence-corrected chi connectivity index (χ3v) is 9.90. The van der Waals surface area contributed by atoms with Crippen LogP contribution < -0.4 is 0 Å². The second-order valence-corrected chi connectivity index (χ2v) is 15.0. The molecule has 0 aliphatic rings. The highest BCUT2D eigenvalue weighted by Gasteiger charge is 2.34. The molecule has 0 saturated heterocycles. The second-order valence-electron chi connectivity index (χ2n) is 12.1. The van der Waals surface area contributed by atoms with Crippen LogP contribution in [0.3, 0.4) is 0 Å². The van der Waals surface area contributed by atoms with E-state index in [1.165, 1.54) is 0 Å². The molecule has 0 aromatic heterocycles. The van der Waals surface area contributed by atoms with Crippen molar-refractivity contribution in [2.45, 2.75) is 138 Å². The van der Waals surface area contributed by atoms with Crippen LogP contribution in [0.15, 0.2) is 0 Å². The van der Waals surface area contributed by atoms with Gasteiger partial charge in [0.2, 0.25) is 0 Å². The molecule has 11 nitrogen and oxygen atoms in total. The van der Waals surface area contributed by atoms with Crippen LogP contribution in [0.25, 0.3) is 0 Å². The number of ether oxygens (including phenoxy) is 3. The van der Waals surface area contributed by atoms with Crippen molar-refractivity contribution in [2.24, 2.45) is 10.8 Å². The molecule has 0 fully saturated rings. The van der Waals surface area contributed by atoms with Gasteiger partial charge in [-0.05, 0) is 56.3 Å². The molecule has 0 amide bonds. The highest BCUT2D eigenvalue weighted by molar-refractivity contribution is 7.47. The largest absolute Gasteiger partial charge is 0.472 e. The third-order valence-electron chi connectivity index (χ3n) is 7.83. The zero-order chi connectivity index (χ0) is 33.5. The summed E-state index contributed by atoms with van der Waals surface area (Å²) in [6.07, 6.45) is 10.3. The fourth-order valence-electron chi connectivity index (χ4n) is 6.27. The minimum atomic E-state index is -4.64. The van der Waals surface area contributed by atoms with Gasteiger partial charge in [0.1, 0.15) is 12.2 Å².